The molecule has 0 aromatic heterocycles. The van der Waals surface area contributed by atoms with Gasteiger partial charge in [-0.3, -0.25) is 9.69 Å². The first-order valence-corrected chi connectivity index (χ1v) is 10.3. The van der Waals surface area contributed by atoms with Crippen molar-refractivity contribution in [3.05, 3.63) is 40.7 Å². The fourth-order valence-corrected chi connectivity index (χ4v) is 4.08. The summed E-state index contributed by atoms with van der Waals surface area (Å²) in [5.74, 6) is -0.0738. The van der Waals surface area contributed by atoms with Gasteiger partial charge in [0.2, 0.25) is 0 Å². The summed E-state index contributed by atoms with van der Waals surface area (Å²) in [4.78, 5) is 17.9. The largest absolute Gasteiger partial charge is 0.497 e. The topological polar surface area (TPSA) is 68.0 Å². The van der Waals surface area contributed by atoms with Crippen LogP contribution in [0.1, 0.15) is 26.3 Å². The maximum absolute atomic E-state index is 14.7. The van der Waals surface area contributed by atoms with Crippen molar-refractivity contribution >= 4 is 22.6 Å². The molecule has 1 saturated heterocycles. The van der Waals surface area contributed by atoms with Crippen LogP contribution in [-0.4, -0.2) is 62.1 Å². The van der Waals surface area contributed by atoms with Crippen LogP contribution in [-0.2, 0) is 4.79 Å². The van der Waals surface area contributed by atoms with Crippen LogP contribution in [0, 0.1) is 5.82 Å². The second-order valence-corrected chi connectivity index (χ2v) is 8.25. The Labute approximate surface area is 176 Å². The molecular weight excluding hydrogens is 393 g/mol. The third-order valence-electron chi connectivity index (χ3n) is 4.87. The first kappa shape index (κ1) is 23.1. The lowest BCUT2D eigenvalue weighted by molar-refractivity contribution is -0.128. The summed E-state index contributed by atoms with van der Waals surface area (Å²) in [6.07, 6.45) is 0. The number of rotatable bonds is 7. The van der Waals surface area contributed by atoms with Crippen LogP contribution < -0.4 is 15.2 Å². The Morgan fingerprint density at radius 2 is 1.83 bits per heavy atom. The Balaban J connectivity index is 2.21. The number of carbonyl (C=O) groups is 1. The van der Waals surface area contributed by atoms with Gasteiger partial charge in [-0.15, -0.1) is 0 Å². The molecule has 0 spiro atoms. The molecule has 8 heteroatoms. The van der Waals surface area contributed by atoms with E-state index >= 15 is 0 Å². The number of hydrogen-bond donors (Lipinski definition) is 1. The zero-order valence-corrected chi connectivity index (χ0v) is 18.6. The quantitative estimate of drug-likeness (QED) is 0.679. The summed E-state index contributed by atoms with van der Waals surface area (Å²) in [7, 11) is 2.90. The van der Waals surface area contributed by atoms with E-state index in [1.54, 1.807) is 17.9 Å². The van der Waals surface area contributed by atoms with Crippen molar-refractivity contribution in [2.45, 2.75) is 26.8 Å². The van der Waals surface area contributed by atoms with Crippen LogP contribution in [0.15, 0.2) is 29.3 Å². The number of halogens is 1. The van der Waals surface area contributed by atoms with Gasteiger partial charge in [-0.1, -0.05) is 18.3 Å². The van der Waals surface area contributed by atoms with Crippen LogP contribution in [0.5, 0.6) is 11.5 Å². The van der Waals surface area contributed by atoms with Gasteiger partial charge in [-0.05, 0) is 20.8 Å². The Kier molecular flexibility index (Phi) is 7.98. The Morgan fingerprint density at radius 3 is 2.31 bits per heavy atom. The van der Waals surface area contributed by atoms with Gasteiger partial charge in [0.1, 0.15) is 17.3 Å². The molecule has 0 aliphatic carbocycles. The number of allylic oxidation sites excluding steroid dienone is 1. The minimum Gasteiger partial charge on any atom is -0.497 e. The van der Waals surface area contributed by atoms with E-state index in [0.29, 0.717) is 40.4 Å². The molecule has 29 heavy (non-hydrogen) atoms. The van der Waals surface area contributed by atoms with Crippen LogP contribution in [0.2, 0.25) is 0 Å². The maximum atomic E-state index is 14.7. The van der Waals surface area contributed by atoms with Gasteiger partial charge in [-0.25, -0.2) is 4.39 Å². The summed E-state index contributed by atoms with van der Waals surface area (Å²) >= 11 is 1.07. The van der Waals surface area contributed by atoms with E-state index in [-0.39, 0.29) is 17.2 Å². The number of piperazine rings is 1. The first-order chi connectivity index (χ1) is 13.7. The molecule has 1 aromatic carbocycles. The highest BCUT2D eigenvalue weighted by Gasteiger charge is 2.27. The number of hydrogen-bond acceptors (Lipinski definition) is 6. The number of amides is 1. The van der Waals surface area contributed by atoms with Crippen LogP contribution in [0.25, 0.3) is 4.91 Å². The van der Waals surface area contributed by atoms with Crippen molar-refractivity contribution in [3.63, 3.8) is 0 Å². The molecular formula is C21H30FN3O3S. The monoisotopic (exact) mass is 423 g/mol. The lowest BCUT2D eigenvalue weighted by Gasteiger charge is -2.37. The maximum Gasteiger partial charge on any atom is 0.262 e. The highest BCUT2D eigenvalue weighted by atomic mass is 32.2. The van der Waals surface area contributed by atoms with Crippen molar-refractivity contribution in [1.82, 2.24) is 9.80 Å². The standard InChI is InChI=1S/C21H30FN3O3S/c1-13(2)24-7-9-25(10-8-24)21(26)20(14(3)23)29-15(4)19-17(22)11-16(27-5)12-18(19)28-6/h11-13H,4,7-10,23H2,1-3,5-6H3/b20-14-. The van der Waals surface area contributed by atoms with E-state index in [4.69, 9.17) is 15.2 Å². The van der Waals surface area contributed by atoms with E-state index in [1.165, 1.54) is 20.3 Å². The second-order valence-electron chi connectivity index (χ2n) is 7.15. The molecule has 0 atom stereocenters. The molecule has 0 bridgehead atoms. The van der Waals surface area contributed by atoms with Crippen LogP contribution >= 0.6 is 11.8 Å². The Hall–Kier alpha value is -2.19. The number of nitrogens with zero attached hydrogens (tertiary/aromatic N) is 2. The smallest absolute Gasteiger partial charge is 0.262 e. The molecule has 1 aliphatic heterocycles. The number of benzene rings is 1. The van der Waals surface area contributed by atoms with Crippen molar-refractivity contribution in [2.75, 3.05) is 40.4 Å². The Bertz CT molecular complexity index is 799. The van der Waals surface area contributed by atoms with Gasteiger partial charge >= 0.3 is 0 Å². The molecule has 1 aliphatic rings. The number of carbonyl (C=O) groups excluding carboxylic acids is 1. The average molecular weight is 424 g/mol. The third kappa shape index (κ3) is 5.45. The molecule has 1 heterocycles. The van der Waals surface area contributed by atoms with Crippen molar-refractivity contribution < 1.29 is 18.7 Å². The first-order valence-electron chi connectivity index (χ1n) is 9.47. The second kappa shape index (κ2) is 10.0. The van der Waals surface area contributed by atoms with E-state index in [9.17, 15) is 9.18 Å². The van der Waals surface area contributed by atoms with Gasteiger partial charge in [-0.2, -0.15) is 0 Å². The number of methoxy groups -OCH3 is 2. The van der Waals surface area contributed by atoms with Gasteiger partial charge in [0.25, 0.3) is 5.91 Å². The molecule has 2 rings (SSSR count). The zero-order valence-electron chi connectivity index (χ0n) is 17.8. The van der Waals surface area contributed by atoms with Gasteiger partial charge in [0.15, 0.2) is 0 Å². The highest BCUT2D eigenvalue weighted by Crippen LogP contribution is 2.41. The van der Waals surface area contributed by atoms with E-state index < -0.39 is 5.82 Å². The minimum absolute atomic E-state index is 0.160. The lowest BCUT2D eigenvalue weighted by atomic mass is 10.1. The predicted molar refractivity (Wildman–Crippen MR) is 116 cm³/mol. The normalized spacial score (nSPS) is 15.9. The molecule has 2 N–H and O–H groups in total. The molecule has 0 radical (unpaired) electrons. The fraction of sp³-hybridized carbons (Fsp3) is 0.476. The molecule has 0 saturated carbocycles. The van der Waals surface area contributed by atoms with Crippen molar-refractivity contribution in [3.8, 4) is 11.5 Å². The average Bonchev–Trinajstić information content (AvgIpc) is 2.70. The molecule has 0 unspecified atom stereocenters. The Morgan fingerprint density at radius 1 is 1.21 bits per heavy atom. The van der Waals surface area contributed by atoms with E-state index in [2.05, 4.69) is 25.3 Å². The lowest BCUT2D eigenvalue weighted by Crippen LogP contribution is -2.51. The minimum atomic E-state index is -0.536. The van der Waals surface area contributed by atoms with E-state index in [1.807, 2.05) is 0 Å². The number of nitrogens with two attached hydrogens (primary N) is 1. The van der Waals surface area contributed by atoms with Gasteiger partial charge in [0.05, 0.1) is 24.7 Å². The molecule has 6 nitrogen and oxygen atoms in total. The summed E-state index contributed by atoms with van der Waals surface area (Å²) in [5, 5.41) is 0. The summed E-state index contributed by atoms with van der Waals surface area (Å²) < 4.78 is 25.1. The van der Waals surface area contributed by atoms with Crippen LogP contribution in [0.4, 0.5) is 4.39 Å². The van der Waals surface area contributed by atoms with Crippen molar-refractivity contribution in [2.24, 2.45) is 5.73 Å². The third-order valence-corrected chi connectivity index (χ3v) is 6.02. The van der Waals surface area contributed by atoms with Crippen molar-refractivity contribution in [1.29, 1.82) is 0 Å². The molecule has 1 aromatic rings. The molecule has 160 valence electrons. The van der Waals surface area contributed by atoms with Gasteiger partial charge in [0, 0.05) is 55.0 Å². The number of thioether (sulfide) groups is 1. The van der Waals surface area contributed by atoms with E-state index in [0.717, 1.165) is 24.9 Å². The van der Waals surface area contributed by atoms with Gasteiger partial charge < -0.3 is 20.1 Å². The number of ether oxygens (including phenoxy) is 2. The molecule has 1 amide bonds. The van der Waals surface area contributed by atoms with Crippen LogP contribution in [0.3, 0.4) is 0 Å². The highest BCUT2D eigenvalue weighted by molar-refractivity contribution is 8.12. The summed E-state index contributed by atoms with van der Waals surface area (Å²) in [5.41, 5.74) is 6.58. The predicted octanol–water partition coefficient (Wildman–Crippen LogP) is 3.29. The fourth-order valence-electron chi connectivity index (χ4n) is 3.16. The molecule has 1 fully saturated rings. The zero-order chi connectivity index (χ0) is 21.7. The SMILES string of the molecule is C=C(S/C(C(=O)N1CCN(C(C)C)CC1)=C(/C)N)c1c(F)cc(OC)cc1OC. The summed E-state index contributed by atoms with van der Waals surface area (Å²) in [6.45, 7) is 12.8. The summed E-state index contributed by atoms with van der Waals surface area (Å²) in [6, 6.07) is 3.28.